The quantitative estimate of drug-likeness (QED) is 0.454. The van der Waals surface area contributed by atoms with Crippen molar-refractivity contribution in [3.05, 3.63) is 47.8 Å². The second kappa shape index (κ2) is 8.50. The Balaban J connectivity index is 0.00000220. The molecule has 2 rings (SSSR count). The number of hydrogen-bond donors (Lipinski definition) is 2. The zero-order chi connectivity index (χ0) is 14.4. The summed E-state index contributed by atoms with van der Waals surface area (Å²) in [5, 5.41) is 7.15. The van der Waals surface area contributed by atoms with E-state index in [4.69, 9.17) is 10.5 Å². The molecule has 0 radical (unpaired) electrons. The third kappa shape index (κ3) is 4.92. The van der Waals surface area contributed by atoms with Crippen LogP contribution in [0.4, 0.5) is 0 Å². The number of aliphatic imine (C=N–C) groups is 1. The summed E-state index contributed by atoms with van der Waals surface area (Å²) in [5.74, 6) is 1.22. The van der Waals surface area contributed by atoms with Crippen LogP contribution in [0.5, 0.6) is 5.75 Å². The standard InChI is InChI=1S/C14H19N5O.HI/c1-19-12(7-8-18-19)10-17-14(15)16-9-11-5-3-4-6-13(11)20-2;/h3-8H,9-10H2,1-2H3,(H3,15,16,17);1H. The second-order valence-electron chi connectivity index (χ2n) is 4.31. The first-order chi connectivity index (χ1) is 9.70. The van der Waals surface area contributed by atoms with Gasteiger partial charge in [0, 0.05) is 18.8 Å². The Morgan fingerprint density at radius 2 is 2.14 bits per heavy atom. The van der Waals surface area contributed by atoms with Crippen molar-refractivity contribution < 1.29 is 4.74 Å². The lowest BCUT2D eigenvalue weighted by atomic mass is 10.2. The molecule has 21 heavy (non-hydrogen) atoms. The summed E-state index contributed by atoms with van der Waals surface area (Å²) in [5.41, 5.74) is 7.89. The number of nitrogens with two attached hydrogens (primary N) is 1. The minimum absolute atomic E-state index is 0. The summed E-state index contributed by atoms with van der Waals surface area (Å²) in [6.45, 7) is 1.08. The second-order valence-corrected chi connectivity index (χ2v) is 4.31. The van der Waals surface area contributed by atoms with E-state index in [-0.39, 0.29) is 24.0 Å². The van der Waals surface area contributed by atoms with Crippen molar-refractivity contribution in [1.82, 2.24) is 15.1 Å². The fourth-order valence-corrected chi connectivity index (χ4v) is 1.82. The molecule has 0 amide bonds. The fourth-order valence-electron chi connectivity index (χ4n) is 1.82. The van der Waals surface area contributed by atoms with E-state index in [1.54, 1.807) is 18.0 Å². The normalized spacial score (nSPS) is 10.9. The first-order valence-electron chi connectivity index (χ1n) is 6.33. The predicted molar refractivity (Wildman–Crippen MR) is 93.8 cm³/mol. The van der Waals surface area contributed by atoms with E-state index in [1.807, 2.05) is 37.4 Å². The Kier molecular flexibility index (Phi) is 7.00. The topological polar surface area (TPSA) is 77.5 Å². The predicted octanol–water partition coefficient (Wildman–Crippen LogP) is 1.65. The van der Waals surface area contributed by atoms with Crippen LogP contribution in [-0.4, -0.2) is 22.8 Å². The summed E-state index contributed by atoms with van der Waals surface area (Å²) < 4.78 is 7.06. The molecule has 0 fully saturated rings. The number of nitrogens with one attached hydrogen (secondary N) is 1. The minimum atomic E-state index is 0. The van der Waals surface area contributed by atoms with Gasteiger partial charge in [-0.05, 0) is 12.1 Å². The zero-order valence-corrected chi connectivity index (χ0v) is 14.4. The molecular weight excluding hydrogens is 381 g/mol. The van der Waals surface area contributed by atoms with Crippen molar-refractivity contribution in [2.24, 2.45) is 17.8 Å². The van der Waals surface area contributed by atoms with Gasteiger partial charge in [0.1, 0.15) is 5.75 Å². The third-order valence-corrected chi connectivity index (χ3v) is 2.99. The lowest BCUT2D eigenvalue weighted by molar-refractivity contribution is 0.410. The van der Waals surface area contributed by atoms with Crippen molar-refractivity contribution in [2.75, 3.05) is 7.11 Å². The van der Waals surface area contributed by atoms with Crippen LogP contribution in [0.25, 0.3) is 0 Å². The number of rotatable bonds is 5. The maximum absolute atomic E-state index is 5.85. The maximum Gasteiger partial charge on any atom is 0.189 e. The van der Waals surface area contributed by atoms with Gasteiger partial charge in [0.2, 0.25) is 0 Å². The van der Waals surface area contributed by atoms with Gasteiger partial charge >= 0.3 is 0 Å². The van der Waals surface area contributed by atoms with Crippen molar-refractivity contribution in [3.8, 4) is 5.75 Å². The molecule has 0 spiro atoms. The Bertz CT molecular complexity index is 597. The van der Waals surface area contributed by atoms with Crippen LogP contribution in [0.15, 0.2) is 41.5 Å². The number of hydrogen-bond acceptors (Lipinski definition) is 3. The molecule has 0 saturated carbocycles. The molecule has 114 valence electrons. The van der Waals surface area contributed by atoms with Gasteiger partial charge in [0.05, 0.1) is 25.9 Å². The molecule has 3 N–H and O–H groups in total. The molecule has 0 aliphatic carbocycles. The highest BCUT2D eigenvalue weighted by atomic mass is 127. The van der Waals surface area contributed by atoms with Crippen molar-refractivity contribution >= 4 is 29.9 Å². The Labute approximate surface area is 141 Å². The molecule has 2 aromatic rings. The number of benzene rings is 1. The maximum atomic E-state index is 5.85. The largest absolute Gasteiger partial charge is 0.496 e. The van der Waals surface area contributed by atoms with Crippen molar-refractivity contribution in [1.29, 1.82) is 0 Å². The van der Waals surface area contributed by atoms with Crippen LogP contribution in [0.2, 0.25) is 0 Å². The average molecular weight is 401 g/mol. The van der Waals surface area contributed by atoms with Gasteiger partial charge in [0.15, 0.2) is 5.96 Å². The lowest BCUT2D eigenvalue weighted by Gasteiger charge is -2.08. The smallest absolute Gasteiger partial charge is 0.189 e. The van der Waals surface area contributed by atoms with E-state index in [0.717, 1.165) is 17.0 Å². The van der Waals surface area contributed by atoms with Gasteiger partial charge in [0.25, 0.3) is 0 Å². The average Bonchev–Trinajstić information content (AvgIpc) is 2.88. The number of aryl methyl sites for hydroxylation is 1. The van der Waals surface area contributed by atoms with Gasteiger partial charge < -0.3 is 15.8 Å². The van der Waals surface area contributed by atoms with Crippen molar-refractivity contribution in [2.45, 2.75) is 13.1 Å². The summed E-state index contributed by atoms with van der Waals surface area (Å²) >= 11 is 0. The first-order valence-corrected chi connectivity index (χ1v) is 6.33. The Morgan fingerprint density at radius 1 is 1.38 bits per heavy atom. The van der Waals surface area contributed by atoms with Gasteiger partial charge in [-0.25, -0.2) is 4.99 Å². The molecule has 0 unspecified atom stereocenters. The molecule has 0 atom stereocenters. The van der Waals surface area contributed by atoms with Crippen LogP contribution in [0.3, 0.4) is 0 Å². The number of nitrogens with zero attached hydrogens (tertiary/aromatic N) is 3. The lowest BCUT2D eigenvalue weighted by Crippen LogP contribution is -2.31. The van der Waals surface area contributed by atoms with Crippen molar-refractivity contribution in [3.63, 3.8) is 0 Å². The minimum Gasteiger partial charge on any atom is -0.496 e. The molecule has 6 nitrogen and oxygen atoms in total. The van der Waals surface area contributed by atoms with E-state index < -0.39 is 0 Å². The summed E-state index contributed by atoms with van der Waals surface area (Å²) in [6, 6.07) is 9.68. The Hall–Kier alpha value is -1.77. The van der Waals surface area contributed by atoms with Gasteiger partial charge in [-0.3, -0.25) is 4.68 Å². The number of guanidine groups is 1. The van der Waals surface area contributed by atoms with Crippen LogP contribution >= 0.6 is 24.0 Å². The van der Waals surface area contributed by atoms with Crippen LogP contribution in [0.1, 0.15) is 11.3 Å². The van der Waals surface area contributed by atoms with Crippen LogP contribution in [0, 0.1) is 0 Å². The summed E-state index contributed by atoms with van der Waals surface area (Å²) in [7, 11) is 3.53. The zero-order valence-electron chi connectivity index (χ0n) is 12.1. The van der Waals surface area contributed by atoms with Crippen LogP contribution < -0.4 is 15.8 Å². The van der Waals surface area contributed by atoms with Gasteiger partial charge in [-0.1, -0.05) is 18.2 Å². The molecule has 7 heteroatoms. The van der Waals surface area contributed by atoms with E-state index in [1.165, 1.54) is 0 Å². The monoisotopic (exact) mass is 401 g/mol. The van der Waals surface area contributed by atoms with Gasteiger partial charge in [-0.2, -0.15) is 5.10 Å². The molecule has 1 aromatic heterocycles. The summed E-state index contributed by atoms with van der Waals surface area (Å²) in [4.78, 5) is 4.31. The molecule has 1 heterocycles. The third-order valence-electron chi connectivity index (χ3n) is 2.99. The SMILES string of the molecule is COc1ccccc1CN=C(N)NCc1ccnn1C.I. The van der Waals surface area contributed by atoms with E-state index in [2.05, 4.69) is 15.4 Å². The molecule has 0 bridgehead atoms. The van der Waals surface area contributed by atoms with E-state index >= 15 is 0 Å². The molecule has 0 saturated heterocycles. The number of halogens is 1. The highest BCUT2D eigenvalue weighted by molar-refractivity contribution is 14.0. The van der Waals surface area contributed by atoms with Crippen LogP contribution in [-0.2, 0) is 20.1 Å². The summed E-state index contributed by atoms with van der Waals surface area (Å²) in [6.07, 6.45) is 1.75. The number of para-hydroxylation sites is 1. The molecular formula is C14H20IN5O. The first kappa shape index (κ1) is 17.3. The Morgan fingerprint density at radius 3 is 2.81 bits per heavy atom. The van der Waals surface area contributed by atoms with E-state index in [9.17, 15) is 0 Å². The van der Waals surface area contributed by atoms with Gasteiger partial charge in [-0.15, -0.1) is 24.0 Å². The molecule has 0 aliphatic heterocycles. The number of methoxy groups -OCH3 is 1. The molecule has 0 aliphatic rings. The number of ether oxygens (including phenoxy) is 1. The number of aromatic nitrogens is 2. The van der Waals surface area contributed by atoms with E-state index in [0.29, 0.717) is 19.0 Å². The highest BCUT2D eigenvalue weighted by Crippen LogP contribution is 2.17. The molecule has 1 aromatic carbocycles. The highest BCUT2D eigenvalue weighted by Gasteiger charge is 2.02. The fraction of sp³-hybridized carbons (Fsp3) is 0.286.